The number of hydrogen-bond acceptors (Lipinski definition) is 6. The number of hydrogen-bond donors (Lipinski definition) is 1. The molecule has 0 spiro atoms. The Balaban J connectivity index is 0.000000647. The molecule has 0 saturated carbocycles. The molecule has 3 rings (SSSR count). The fraction of sp³-hybridized carbons (Fsp3) is 0.0625. The highest BCUT2D eigenvalue weighted by atomic mass is 16.6. The first-order valence-corrected chi connectivity index (χ1v) is 6.71. The third kappa shape index (κ3) is 3.40. The SMILES string of the molecule is Cc1cc([N+](=O)[O-])cc2c1NC(=O)C2=Nc1ccccc1.O=C=O. The van der Waals surface area contributed by atoms with Crippen LogP contribution >= 0.6 is 0 Å². The number of aryl methyl sites for hydroxylation is 1. The predicted molar refractivity (Wildman–Crippen MR) is 84.1 cm³/mol. The van der Waals surface area contributed by atoms with Crippen molar-refractivity contribution < 1.29 is 19.3 Å². The van der Waals surface area contributed by atoms with Gasteiger partial charge in [-0.1, -0.05) is 18.2 Å². The van der Waals surface area contributed by atoms with Gasteiger partial charge in [0.15, 0.2) is 0 Å². The lowest BCUT2D eigenvalue weighted by Crippen LogP contribution is -2.14. The van der Waals surface area contributed by atoms with Gasteiger partial charge in [0.25, 0.3) is 11.6 Å². The van der Waals surface area contributed by atoms with Gasteiger partial charge in [-0.05, 0) is 24.6 Å². The second kappa shape index (κ2) is 7.08. The summed E-state index contributed by atoms with van der Waals surface area (Å²) < 4.78 is 0. The lowest BCUT2D eigenvalue weighted by atomic mass is 10.1. The molecule has 120 valence electrons. The summed E-state index contributed by atoms with van der Waals surface area (Å²) in [6, 6.07) is 11.8. The van der Waals surface area contributed by atoms with Crippen molar-refractivity contribution in [3.63, 3.8) is 0 Å². The Kier molecular flexibility index (Phi) is 4.93. The van der Waals surface area contributed by atoms with Crippen molar-refractivity contribution in [3.05, 3.63) is 63.7 Å². The third-order valence-corrected chi connectivity index (χ3v) is 3.24. The molecule has 24 heavy (non-hydrogen) atoms. The average Bonchev–Trinajstić information content (AvgIpc) is 2.86. The first-order valence-electron chi connectivity index (χ1n) is 6.71. The maximum atomic E-state index is 12.1. The maximum absolute atomic E-state index is 12.1. The molecule has 1 aliphatic heterocycles. The summed E-state index contributed by atoms with van der Waals surface area (Å²) in [5.74, 6) is -0.350. The van der Waals surface area contributed by atoms with Crippen LogP contribution in [0, 0.1) is 17.0 Å². The Morgan fingerprint density at radius 1 is 1.17 bits per heavy atom. The number of nitrogens with zero attached hydrogens (tertiary/aromatic N) is 2. The van der Waals surface area contributed by atoms with Crippen LogP contribution in [-0.4, -0.2) is 22.7 Å². The van der Waals surface area contributed by atoms with E-state index in [4.69, 9.17) is 9.59 Å². The number of anilines is 1. The summed E-state index contributed by atoms with van der Waals surface area (Å²) in [6.07, 6.45) is 0.250. The molecular formula is C16H11N3O5. The van der Waals surface area contributed by atoms with Crippen molar-refractivity contribution in [2.24, 2.45) is 4.99 Å². The average molecular weight is 325 g/mol. The van der Waals surface area contributed by atoms with Crippen molar-refractivity contribution in [2.75, 3.05) is 5.32 Å². The van der Waals surface area contributed by atoms with Gasteiger partial charge < -0.3 is 5.32 Å². The third-order valence-electron chi connectivity index (χ3n) is 3.24. The van der Waals surface area contributed by atoms with E-state index in [0.717, 1.165) is 0 Å². The van der Waals surface area contributed by atoms with Crippen LogP contribution in [0.4, 0.5) is 17.1 Å². The minimum atomic E-state index is -0.476. The Morgan fingerprint density at radius 3 is 2.38 bits per heavy atom. The molecule has 0 aromatic heterocycles. The van der Waals surface area contributed by atoms with Gasteiger partial charge in [-0.15, -0.1) is 0 Å². The lowest BCUT2D eigenvalue weighted by Gasteiger charge is -2.02. The van der Waals surface area contributed by atoms with Crippen molar-refractivity contribution in [3.8, 4) is 0 Å². The summed E-state index contributed by atoms with van der Waals surface area (Å²) in [4.78, 5) is 43.1. The number of carbonyl (C=O) groups is 1. The molecule has 8 heteroatoms. The molecule has 2 aromatic rings. The van der Waals surface area contributed by atoms with Crippen LogP contribution in [0.2, 0.25) is 0 Å². The quantitative estimate of drug-likeness (QED) is 0.671. The van der Waals surface area contributed by atoms with Crippen LogP contribution in [0.15, 0.2) is 47.5 Å². The number of rotatable bonds is 2. The topological polar surface area (TPSA) is 119 Å². The van der Waals surface area contributed by atoms with Crippen LogP contribution in [-0.2, 0) is 14.4 Å². The van der Waals surface area contributed by atoms with E-state index in [1.165, 1.54) is 12.1 Å². The number of non-ortho nitro benzene ring substituents is 1. The Morgan fingerprint density at radius 2 is 1.79 bits per heavy atom. The molecule has 1 heterocycles. The molecule has 0 aliphatic carbocycles. The number of carbonyl (C=O) groups excluding carboxylic acids is 3. The summed E-state index contributed by atoms with van der Waals surface area (Å²) >= 11 is 0. The second-order valence-corrected chi connectivity index (χ2v) is 4.78. The zero-order valence-corrected chi connectivity index (χ0v) is 12.5. The van der Waals surface area contributed by atoms with Gasteiger partial charge in [0.1, 0.15) is 5.71 Å². The minimum Gasteiger partial charge on any atom is -0.320 e. The summed E-state index contributed by atoms with van der Waals surface area (Å²) in [5, 5.41) is 13.7. The van der Waals surface area contributed by atoms with Gasteiger partial charge >= 0.3 is 6.15 Å². The van der Waals surface area contributed by atoms with Gasteiger partial charge in [-0.2, -0.15) is 9.59 Å². The second-order valence-electron chi connectivity index (χ2n) is 4.78. The van der Waals surface area contributed by atoms with Gasteiger partial charge in [0, 0.05) is 17.7 Å². The Bertz CT molecular complexity index is 869. The molecule has 0 radical (unpaired) electrons. The molecule has 1 N–H and O–H groups in total. The molecular weight excluding hydrogens is 314 g/mol. The first-order chi connectivity index (χ1) is 11.5. The summed E-state index contributed by atoms with van der Waals surface area (Å²) in [7, 11) is 0. The Labute approximate surface area is 136 Å². The zero-order valence-electron chi connectivity index (χ0n) is 12.5. The fourth-order valence-corrected chi connectivity index (χ4v) is 2.26. The van der Waals surface area contributed by atoms with Gasteiger partial charge in [-0.25, -0.2) is 4.99 Å². The number of benzene rings is 2. The number of aliphatic imine (C=N–C) groups is 1. The van der Waals surface area contributed by atoms with Crippen LogP contribution in [0.3, 0.4) is 0 Å². The summed E-state index contributed by atoms with van der Waals surface area (Å²) in [5.41, 5.74) is 2.47. The summed E-state index contributed by atoms with van der Waals surface area (Å²) in [6.45, 7) is 1.72. The largest absolute Gasteiger partial charge is 0.373 e. The first kappa shape index (κ1) is 16.7. The molecule has 0 atom stereocenters. The predicted octanol–water partition coefficient (Wildman–Crippen LogP) is 2.39. The molecule has 0 saturated heterocycles. The molecule has 0 fully saturated rings. The van der Waals surface area contributed by atoms with E-state index in [9.17, 15) is 14.9 Å². The van der Waals surface area contributed by atoms with Crippen LogP contribution in [0.5, 0.6) is 0 Å². The zero-order chi connectivity index (χ0) is 17.7. The van der Waals surface area contributed by atoms with Gasteiger partial charge in [0.05, 0.1) is 16.3 Å². The van der Waals surface area contributed by atoms with E-state index in [2.05, 4.69) is 10.3 Å². The van der Waals surface area contributed by atoms with Gasteiger partial charge in [0.2, 0.25) is 0 Å². The number of nitro groups is 1. The fourth-order valence-electron chi connectivity index (χ4n) is 2.26. The van der Waals surface area contributed by atoms with E-state index >= 15 is 0 Å². The highest BCUT2D eigenvalue weighted by molar-refractivity contribution is 6.54. The molecule has 8 nitrogen and oxygen atoms in total. The number of para-hydroxylation sites is 1. The van der Waals surface area contributed by atoms with Crippen molar-refractivity contribution in [2.45, 2.75) is 6.92 Å². The van der Waals surface area contributed by atoms with E-state index in [0.29, 0.717) is 22.5 Å². The Hall–Kier alpha value is -3.64. The number of nitrogens with one attached hydrogen (secondary N) is 1. The number of amides is 1. The van der Waals surface area contributed by atoms with Gasteiger partial charge in [-0.3, -0.25) is 14.9 Å². The van der Waals surface area contributed by atoms with E-state index in [1.54, 1.807) is 19.1 Å². The van der Waals surface area contributed by atoms with E-state index in [1.807, 2.05) is 18.2 Å². The number of fused-ring (bicyclic) bond motifs is 1. The highest BCUT2D eigenvalue weighted by Crippen LogP contribution is 2.32. The number of nitro benzene ring substituents is 1. The van der Waals surface area contributed by atoms with Crippen molar-refractivity contribution >= 4 is 34.8 Å². The molecule has 0 bridgehead atoms. The molecule has 2 aromatic carbocycles. The van der Waals surface area contributed by atoms with Crippen LogP contribution in [0.25, 0.3) is 0 Å². The lowest BCUT2D eigenvalue weighted by molar-refractivity contribution is -0.384. The standard InChI is InChI=1S/C15H11N3O3.CO2/c1-9-7-11(18(20)21)8-12-13(9)17-15(19)14(12)16-10-5-3-2-4-6-10;2-1-3/h2-8H,1H3,(H,16,17,19);. The minimum absolute atomic E-state index is 0.0523. The maximum Gasteiger partial charge on any atom is 0.373 e. The van der Waals surface area contributed by atoms with Crippen LogP contribution in [0.1, 0.15) is 11.1 Å². The van der Waals surface area contributed by atoms with Crippen LogP contribution < -0.4 is 5.32 Å². The van der Waals surface area contributed by atoms with E-state index in [-0.39, 0.29) is 23.5 Å². The van der Waals surface area contributed by atoms with Crippen molar-refractivity contribution in [1.29, 1.82) is 0 Å². The smallest absolute Gasteiger partial charge is 0.320 e. The highest BCUT2D eigenvalue weighted by Gasteiger charge is 2.29. The van der Waals surface area contributed by atoms with Crippen molar-refractivity contribution in [1.82, 2.24) is 0 Å². The molecule has 0 unspecified atom stereocenters. The molecule has 1 amide bonds. The van der Waals surface area contributed by atoms with E-state index < -0.39 is 4.92 Å². The normalized spacial score (nSPS) is 13.4. The molecule has 1 aliphatic rings. The monoisotopic (exact) mass is 325 g/mol.